The van der Waals surface area contributed by atoms with Gasteiger partial charge in [-0.15, -0.1) is 0 Å². The molecule has 2 aromatic rings. The summed E-state index contributed by atoms with van der Waals surface area (Å²) in [6.07, 6.45) is 0. The molecule has 0 aliphatic rings. The molecule has 0 fully saturated rings. The van der Waals surface area contributed by atoms with Gasteiger partial charge in [0.1, 0.15) is 12.6 Å². The zero-order valence-electron chi connectivity index (χ0n) is 15.2. The molecule has 4 nitrogen and oxygen atoms in total. The standard InChI is InChI=1S/C21H25NO3/c1-14(2)19(22-20(23)18-12-8-6-10-16(18)4)21(24)25-13-17-11-7-5-9-15(17)3/h5-12,14,19H,13H2,1-4H3,(H,22,23)/t19-/m0/s1. The lowest BCUT2D eigenvalue weighted by molar-refractivity contribution is -0.148. The minimum atomic E-state index is -0.684. The Labute approximate surface area is 149 Å². The Hall–Kier alpha value is -2.62. The van der Waals surface area contributed by atoms with E-state index in [2.05, 4.69) is 5.32 Å². The molecule has 0 unspecified atom stereocenters. The number of amides is 1. The third-order valence-electron chi connectivity index (χ3n) is 4.23. The van der Waals surface area contributed by atoms with E-state index in [9.17, 15) is 9.59 Å². The van der Waals surface area contributed by atoms with Gasteiger partial charge < -0.3 is 10.1 Å². The molecule has 0 aromatic heterocycles. The molecule has 132 valence electrons. The first kappa shape index (κ1) is 18.7. The number of hydrogen-bond donors (Lipinski definition) is 1. The van der Waals surface area contributed by atoms with Gasteiger partial charge in [-0.2, -0.15) is 0 Å². The molecule has 4 heteroatoms. The van der Waals surface area contributed by atoms with Crippen LogP contribution in [0.3, 0.4) is 0 Å². The predicted octanol–water partition coefficient (Wildman–Crippen LogP) is 3.80. The smallest absolute Gasteiger partial charge is 0.329 e. The van der Waals surface area contributed by atoms with Crippen LogP contribution < -0.4 is 5.32 Å². The van der Waals surface area contributed by atoms with Crippen LogP contribution in [-0.2, 0) is 16.1 Å². The normalized spacial score (nSPS) is 11.9. The molecule has 2 aromatic carbocycles. The molecule has 0 saturated carbocycles. The highest BCUT2D eigenvalue weighted by Crippen LogP contribution is 2.13. The number of benzene rings is 2. The molecular weight excluding hydrogens is 314 g/mol. The van der Waals surface area contributed by atoms with Gasteiger partial charge in [-0.25, -0.2) is 4.79 Å². The van der Waals surface area contributed by atoms with Gasteiger partial charge in [-0.1, -0.05) is 56.3 Å². The zero-order valence-corrected chi connectivity index (χ0v) is 15.2. The summed E-state index contributed by atoms with van der Waals surface area (Å²) in [6, 6.07) is 14.4. The monoisotopic (exact) mass is 339 g/mol. The molecule has 1 N–H and O–H groups in total. The van der Waals surface area contributed by atoms with Crippen molar-refractivity contribution >= 4 is 11.9 Å². The van der Waals surface area contributed by atoms with Crippen LogP contribution in [-0.4, -0.2) is 17.9 Å². The van der Waals surface area contributed by atoms with E-state index < -0.39 is 12.0 Å². The van der Waals surface area contributed by atoms with Crippen molar-refractivity contribution in [1.82, 2.24) is 5.32 Å². The van der Waals surface area contributed by atoms with Crippen molar-refractivity contribution in [2.75, 3.05) is 0 Å². The average molecular weight is 339 g/mol. The lowest BCUT2D eigenvalue weighted by Crippen LogP contribution is -2.45. The number of rotatable bonds is 6. The SMILES string of the molecule is Cc1ccccc1COC(=O)[C@@H](NC(=O)c1ccccc1C)C(C)C. The first-order chi connectivity index (χ1) is 11.9. The van der Waals surface area contributed by atoms with Crippen molar-refractivity contribution in [3.63, 3.8) is 0 Å². The third-order valence-corrected chi connectivity index (χ3v) is 4.23. The molecule has 0 aliphatic heterocycles. The first-order valence-electron chi connectivity index (χ1n) is 8.47. The molecular formula is C21H25NO3. The Morgan fingerprint density at radius 3 is 2.16 bits per heavy atom. The summed E-state index contributed by atoms with van der Waals surface area (Å²) in [5.74, 6) is -0.748. The highest BCUT2D eigenvalue weighted by molar-refractivity contribution is 5.98. The fourth-order valence-electron chi connectivity index (χ4n) is 2.56. The van der Waals surface area contributed by atoms with Crippen LogP contribution in [0.15, 0.2) is 48.5 Å². The van der Waals surface area contributed by atoms with Gasteiger partial charge in [0.2, 0.25) is 0 Å². The van der Waals surface area contributed by atoms with Crippen molar-refractivity contribution in [1.29, 1.82) is 0 Å². The second-order valence-corrected chi connectivity index (χ2v) is 6.54. The maximum absolute atomic E-state index is 12.5. The second-order valence-electron chi connectivity index (χ2n) is 6.54. The average Bonchev–Trinajstić information content (AvgIpc) is 2.58. The maximum Gasteiger partial charge on any atom is 0.329 e. The minimum absolute atomic E-state index is 0.0719. The highest BCUT2D eigenvalue weighted by atomic mass is 16.5. The fraction of sp³-hybridized carbons (Fsp3) is 0.333. The van der Waals surface area contributed by atoms with Gasteiger partial charge >= 0.3 is 5.97 Å². The molecule has 0 bridgehead atoms. The van der Waals surface area contributed by atoms with Crippen LogP contribution >= 0.6 is 0 Å². The molecule has 0 radical (unpaired) electrons. The summed E-state index contributed by atoms with van der Waals surface area (Å²) < 4.78 is 5.45. The lowest BCUT2D eigenvalue weighted by Gasteiger charge is -2.21. The van der Waals surface area contributed by atoms with Crippen LogP contribution in [0.4, 0.5) is 0 Å². The number of aryl methyl sites for hydroxylation is 2. The van der Waals surface area contributed by atoms with Gasteiger partial charge in [0.25, 0.3) is 5.91 Å². The van der Waals surface area contributed by atoms with Crippen LogP contribution in [0.5, 0.6) is 0 Å². The maximum atomic E-state index is 12.5. The topological polar surface area (TPSA) is 55.4 Å². The van der Waals surface area contributed by atoms with Gasteiger partial charge in [0.05, 0.1) is 0 Å². The van der Waals surface area contributed by atoms with E-state index in [0.717, 1.165) is 16.7 Å². The van der Waals surface area contributed by atoms with Crippen LogP contribution in [0, 0.1) is 19.8 Å². The Morgan fingerprint density at radius 1 is 0.960 bits per heavy atom. The van der Waals surface area contributed by atoms with Crippen molar-refractivity contribution in [2.24, 2.45) is 5.92 Å². The Bertz CT molecular complexity index is 752. The summed E-state index contributed by atoms with van der Waals surface area (Å²) in [6.45, 7) is 7.82. The molecule has 0 spiro atoms. The van der Waals surface area contributed by atoms with Crippen LogP contribution in [0.1, 0.15) is 40.9 Å². The summed E-state index contributed by atoms with van der Waals surface area (Å²) in [5.41, 5.74) is 3.47. The van der Waals surface area contributed by atoms with Gasteiger partial charge in [-0.3, -0.25) is 4.79 Å². The van der Waals surface area contributed by atoms with E-state index in [1.54, 1.807) is 6.07 Å². The predicted molar refractivity (Wildman–Crippen MR) is 98.2 cm³/mol. The highest BCUT2D eigenvalue weighted by Gasteiger charge is 2.26. The summed E-state index contributed by atoms with van der Waals surface area (Å²) >= 11 is 0. The van der Waals surface area contributed by atoms with Crippen molar-refractivity contribution in [3.8, 4) is 0 Å². The quantitative estimate of drug-likeness (QED) is 0.815. The second kappa shape index (κ2) is 8.47. The van der Waals surface area contributed by atoms with Gasteiger partial charge in [-0.05, 0) is 42.5 Å². The van der Waals surface area contributed by atoms with Crippen LogP contribution in [0.2, 0.25) is 0 Å². The van der Waals surface area contributed by atoms with E-state index in [-0.39, 0.29) is 18.4 Å². The number of esters is 1. The number of hydrogen-bond acceptors (Lipinski definition) is 3. The summed E-state index contributed by atoms with van der Waals surface area (Å²) in [4.78, 5) is 25.0. The summed E-state index contributed by atoms with van der Waals surface area (Å²) in [5, 5.41) is 2.81. The van der Waals surface area contributed by atoms with Crippen molar-refractivity contribution in [2.45, 2.75) is 40.3 Å². The lowest BCUT2D eigenvalue weighted by atomic mass is 10.0. The number of ether oxygens (including phenoxy) is 1. The molecule has 1 amide bonds. The third kappa shape index (κ3) is 4.92. The molecule has 1 atom stereocenters. The molecule has 0 saturated heterocycles. The van der Waals surface area contributed by atoms with E-state index in [0.29, 0.717) is 5.56 Å². The van der Waals surface area contributed by atoms with Crippen molar-refractivity contribution < 1.29 is 14.3 Å². The van der Waals surface area contributed by atoms with Gasteiger partial charge in [0.15, 0.2) is 0 Å². The zero-order chi connectivity index (χ0) is 18.4. The number of nitrogens with one attached hydrogen (secondary N) is 1. The Kier molecular flexibility index (Phi) is 6.34. The number of carbonyl (C=O) groups excluding carboxylic acids is 2. The van der Waals surface area contributed by atoms with E-state index in [1.165, 1.54) is 0 Å². The molecule has 2 rings (SSSR count). The minimum Gasteiger partial charge on any atom is -0.459 e. The Balaban J connectivity index is 2.04. The van der Waals surface area contributed by atoms with Gasteiger partial charge in [0, 0.05) is 5.56 Å². The first-order valence-corrected chi connectivity index (χ1v) is 8.47. The molecule has 0 aliphatic carbocycles. The molecule has 25 heavy (non-hydrogen) atoms. The van der Waals surface area contributed by atoms with Crippen molar-refractivity contribution in [3.05, 3.63) is 70.8 Å². The molecule has 0 heterocycles. The summed E-state index contributed by atoms with van der Waals surface area (Å²) in [7, 11) is 0. The number of carbonyl (C=O) groups is 2. The van der Waals surface area contributed by atoms with E-state index in [1.807, 2.05) is 70.2 Å². The van der Waals surface area contributed by atoms with E-state index in [4.69, 9.17) is 4.74 Å². The van der Waals surface area contributed by atoms with Crippen LogP contribution in [0.25, 0.3) is 0 Å². The fourth-order valence-corrected chi connectivity index (χ4v) is 2.56. The largest absolute Gasteiger partial charge is 0.459 e. The van der Waals surface area contributed by atoms with E-state index >= 15 is 0 Å². The Morgan fingerprint density at radius 2 is 1.56 bits per heavy atom.